The summed E-state index contributed by atoms with van der Waals surface area (Å²) < 4.78 is 39.2. The molecule has 0 unspecified atom stereocenters. The molecule has 0 bridgehead atoms. The van der Waals surface area contributed by atoms with Gasteiger partial charge in [0.1, 0.15) is 5.75 Å². The number of hydrogen-bond acceptors (Lipinski definition) is 6. The average Bonchev–Trinajstić information content (AvgIpc) is 3.23. The second-order valence-corrected chi connectivity index (χ2v) is 9.67. The summed E-state index contributed by atoms with van der Waals surface area (Å²) in [4.78, 5) is 26.8. The molecule has 0 aliphatic carbocycles. The van der Waals surface area contributed by atoms with E-state index in [1.165, 1.54) is 18.2 Å². The Kier molecular flexibility index (Phi) is 5.58. The fourth-order valence-corrected chi connectivity index (χ4v) is 5.36. The number of aromatic nitrogens is 1. The number of para-hydroxylation sites is 2. The molecule has 10 heteroatoms. The first-order chi connectivity index (χ1) is 16.4. The molecule has 0 radical (unpaired) electrons. The Morgan fingerprint density at radius 3 is 2.65 bits per heavy atom. The molecule has 174 valence electrons. The van der Waals surface area contributed by atoms with Gasteiger partial charge in [-0.25, -0.2) is 13.2 Å². The average molecular weight is 480 g/mol. The Hall–Kier alpha value is -4.05. The van der Waals surface area contributed by atoms with Crippen LogP contribution in [-0.2, 0) is 21.2 Å². The molecule has 1 amide bonds. The second kappa shape index (κ2) is 8.71. The lowest BCUT2D eigenvalue weighted by molar-refractivity contribution is -0.127. The maximum absolute atomic E-state index is 13.6. The van der Waals surface area contributed by atoms with Crippen molar-refractivity contribution in [3.63, 3.8) is 0 Å². The summed E-state index contributed by atoms with van der Waals surface area (Å²) in [5, 5.41) is 2.83. The van der Waals surface area contributed by atoms with Gasteiger partial charge in [-0.15, -0.1) is 0 Å². The molecular formula is C24H21N3O6S. The monoisotopic (exact) mass is 479 g/mol. The van der Waals surface area contributed by atoms with Gasteiger partial charge in [0.05, 0.1) is 22.6 Å². The summed E-state index contributed by atoms with van der Waals surface area (Å²) in [6, 6.07) is 20.5. The molecule has 1 aromatic heterocycles. The van der Waals surface area contributed by atoms with Crippen LogP contribution in [0, 0.1) is 0 Å². The quantitative estimate of drug-likeness (QED) is 0.438. The molecule has 4 aromatic rings. The number of oxazole rings is 1. The maximum Gasteiger partial charge on any atom is 0.417 e. The van der Waals surface area contributed by atoms with Crippen molar-refractivity contribution in [2.45, 2.75) is 17.4 Å². The number of hydrogen-bond donors (Lipinski definition) is 2. The van der Waals surface area contributed by atoms with Crippen molar-refractivity contribution in [3.05, 3.63) is 88.9 Å². The number of amides is 1. The van der Waals surface area contributed by atoms with Crippen molar-refractivity contribution in [1.29, 1.82) is 0 Å². The minimum absolute atomic E-state index is 0.0670. The number of benzene rings is 3. The van der Waals surface area contributed by atoms with Gasteiger partial charge in [-0.1, -0.05) is 42.5 Å². The number of sulfonamides is 1. The molecule has 0 spiro atoms. The fourth-order valence-electron chi connectivity index (χ4n) is 3.87. The third-order valence-corrected chi connectivity index (χ3v) is 7.34. The van der Waals surface area contributed by atoms with Gasteiger partial charge in [0, 0.05) is 12.6 Å². The zero-order chi connectivity index (χ0) is 23.7. The van der Waals surface area contributed by atoms with E-state index in [0.717, 1.165) is 9.87 Å². The molecule has 2 N–H and O–H groups in total. The number of fused-ring (bicyclic) bond motifs is 2. The molecule has 1 atom stereocenters. The van der Waals surface area contributed by atoms with Crippen molar-refractivity contribution in [2.75, 3.05) is 17.4 Å². The third kappa shape index (κ3) is 4.15. The van der Waals surface area contributed by atoms with E-state index in [2.05, 4.69) is 10.3 Å². The number of nitrogens with one attached hydrogen (secondary N) is 2. The Bertz CT molecular complexity index is 1510. The molecule has 1 aliphatic heterocycles. The van der Waals surface area contributed by atoms with Crippen LogP contribution in [-0.4, -0.2) is 38.5 Å². The zero-order valence-corrected chi connectivity index (χ0v) is 18.7. The summed E-state index contributed by atoms with van der Waals surface area (Å²) in [5.74, 6) is -0.791. The second-order valence-electron chi connectivity index (χ2n) is 7.81. The van der Waals surface area contributed by atoms with Crippen LogP contribution in [0.25, 0.3) is 11.1 Å². The molecule has 0 saturated carbocycles. The van der Waals surface area contributed by atoms with E-state index < -0.39 is 27.8 Å². The Morgan fingerprint density at radius 1 is 1.06 bits per heavy atom. The lowest BCUT2D eigenvalue weighted by Crippen LogP contribution is -2.51. The molecular weight excluding hydrogens is 458 g/mol. The summed E-state index contributed by atoms with van der Waals surface area (Å²) >= 11 is 0. The minimum Gasteiger partial charge on any atom is -0.476 e. The van der Waals surface area contributed by atoms with E-state index in [4.69, 9.17) is 9.15 Å². The summed E-state index contributed by atoms with van der Waals surface area (Å²) in [6.07, 6.45) is -0.394. The van der Waals surface area contributed by atoms with E-state index in [-0.39, 0.29) is 22.8 Å². The van der Waals surface area contributed by atoms with Crippen molar-refractivity contribution in [2.24, 2.45) is 0 Å². The lowest BCUT2D eigenvalue weighted by Gasteiger charge is -2.34. The number of H-pyrrole nitrogens is 1. The topological polar surface area (TPSA) is 122 Å². The number of rotatable bonds is 6. The number of ether oxygens (including phenoxy) is 1. The van der Waals surface area contributed by atoms with Crippen molar-refractivity contribution < 1.29 is 22.4 Å². The van der Waals surface area contributed by atoms with Gasteiger partial charge in [0.25, 0.3) is 15.9 Å². The normalized spacial score (nSPS) is 15.5. The van der Waals surface area contributed by atoms with Crippen LogP contribution >= 0.6 is 0 Å². The Morgan fingerprint density at radius 2 is 1.82 bits per heavy atom. The van der Waals surface area contributed by atoms with Crippen LogP contribution in [0.5, 0.6) is 5.75 Å². The van der Waals surface area contributed by atoms with Gasteiger partial charge in [-0.3, -0.25) is 14.1 Å². The van der Waals surface area contributed by atoms with Gasteiger partial charge >= 0.3 is 5.76 Å². The van der Waals surface area contributed by atoms with Crippen molar-refractivity contribution in [1.82, 2.24) is 10.3 Å². The highest BCUT2D eigenvalue weighted by molar-refractivity contribution is 7.92. The van der Waals surface area contributed by atoms with E-state index in [0.29, 0.717) is 24.2 Å². The van der Waals surface area contributed by atoms with E-state index in [1.807, 2.05) is 30.3 Å². The smallest absolute Gasteiger partial charge is 0.417 e. The number of carbonyl (C=O) groups is 1. The highest BCUT2D eigenvalue weighted by Gasteiger charge is 2.37. The molecule has 5 rings (SSSR count). The first-order valence-electron chi connectivity index (χ1n) is 10.6. The van der Waals surface area contributed by atoms with Crippen LogP contribution < -0.4 is 20.1 Å². The molecule has 2 heterocycles. The van der Waals surface area contributed by atoms with Gasteiger partial charge in [-0.05, 0) is 36.2 Å². The molecule has 34 heavy (non-hydrogen) atoms. The van der Waals surface area contributed by atoms with Crippen LogP contribution in [0.1, 0.15) is 5.56 Å². The largest absolute Gasteiger partial charge is 0.476 e. The third-order valence-electron chi connectivity index (χ3n) is 5.56. The summed E-state index contributed by atoms with van der Waals surface area (Å²) in [6.45, 7) is 0.186. The predicted octanol–water partition coefficient (Wildman–Crippen LogP) is 2.44. The van der Waals surface area contributed by atoms with Crippen LogP contribution in [0.15, 0.2) is 86.9 Å². The zero-order valence-electron chi connectivity index (χ0n) is 17.9. The van der Waals surface area contributed by atoms with E-state index in [1.54, 1.807) is 24.3 Å². The molecule has 3 aromatic carbocycles. The number of aromatic amines is 1. The standard InChI is InChI=1S/C24H21N3O6S/c28-23(25-13-12-16-6-2-1-3-7-16)22-15-27(19-8-4-5-9-20(19)32-22)34(30,31)17-10-11-18-21(14-17)33-24(29)26-18/h1-11,14,22H,12-13,15H2,(H,25,28)(H,26,29)/t22-/m0/s1. The molecule has 9 nitrogen and oxygen atoms in total. The molecule has 0 fully saturated rings. The summed E-state index contributed by atoms with van der Waals surface area (Å²) in [7, 11) is -4.09. The minimum atomic E-state index is -4.09. The number of anilines is 1. The van der Waals surface area contributed by atoms with Gasteiger partial charge < -0.3 is 14.5 Å². The van der Waals surface area contributed by atoms with Crippen LogP contribution in [0.3, 0.4) is 0 Å². The molecule has 1 aliphatic rings. The predicted molar refractivity (Wildman–Crippen MR) is 125 cm³/mol. The van der Waals surface area contributed by atoms with Crippen LogP contribution in [0.4, 0.5) is 5.69 Å². The first kappa shape index (κ1) is 21.8. The number of nitrogens with zero attached hydrogens (tertiary/aromatic N) is 1. The highest BCUT2D eigenvalue weighted by atomic mass is 32.2. The number of carbonyl (C=O) groups excluding carboxylic acids is 1. The molecule has 0 saturated heterocycles. The first-order valence-corrected chi connectivity index (χ1v) is 12.1. The van der Waals surface area contributed by atoms with Crippen molar-refractivity contribution in [3.8, 4) is 5.75 Å². The SMILES string of the molecule is O=C(NCCc1ccccc1)[C@@H]1CN(S(=O)(=O)c2ccc3[nH]c(=O)oc3c2)c2ccccc2O1. The highest BCUT2D eigenvalue weighted by Crippen LogP contribution is 2.37. The van der Waals surface area contributed by atoms with Gasteiger partial charge in [0.15, 0.2) is 11.7 Å². The van der Waals surface area contributed by atoms with Gasteiger partial charge in [-0.2, -0.15) is 0 Å². The fraction of sp³-hybridized carbons (Fsp3) is 0.167. The lowest BCUT2D eigenvalue weighted by atomic mass is 10.1. The maximum atomic E-state index is 13.6. The van der Waals surface area contributed by atoms with Crippen LogP contribution in [0.2, 0.25) is 0 Å². The summed E-state index contributed by atoms with van der Waals surface area (Å²) in [5.41, 5.74) is 1.92. The van der Waals surface area contributed by atoms with Gasteiger partial charge in [0.2, 0.25) is 0 Å². The van der Waals surface area contributed by atoms with E-state index in [9.17, 15) is 18.0 Å². The Balaban J connectivity index is 1.40. The Labute approximate surface area is 195 Å². The van der Waals surface area contributed by atoms with Crippen molar-refractivity contribution >= 4 is 32.7 Å². The van der Waals surface area contributed by atoms with E-state index >= 15 is 0 Å².